The molecule has 0 aliphatic heterocycles. The topological polar surface area (TPSA) is 75.7 Å². The average molecular weight is 178 g/mol. The summed E-state index contributed by atoms with van der Waals surface area (Å²) in [5.74, 6) is -0.0482. The average Bonchev–Trinajstić information content (AvgIpc) is 2.03. The van der Waals surface area contributed by atoms with Crippen LogP contribution in [0.25, 0.3) is 0 Å². The summed E-state index contributed by atoms with van der Waals surface area (Å²) in [5.41, 5.74) is 6.57. The Kier molecular flexibility index (Phi) is 2.32. The zero-order valence-corrected chi connectivity index (χ0v) is 8.13. The fourth-order valence-corrected chi connectivity index (χ4v) is 0.876. The Labute approximate surface area is 77.7 Å². The van der Waals surface area contributed by atoms with Crippen LogP contribution in [0.1, 0.15) is 32.2 Å². The lowest BCUT2D eigenvalue weighted by Crippen LogP contribution is -2.18. The number of nitrogens with zero attached hydrogens (tertiary/aromatic N) is 2. The molecule has 0 aliphatic carbocycles. The molecule has 13 heavy (non-hydrogen) atoms. The number of hydrogen-bond acceptors (Lipinski definition) is 3. The molecular formula is C9H14N4. The number of nitrogens with two attached hydrogens (primary N) is 1. The third kappa shape index (κ3) is 2.24. The van der Waals surface area contributed by atoms with E-state index in [0.29, 0.717) is 5.69 Å². The highest BCUT2D eigenvalue weighted by Crippen LogP contribution is 2.18. The molecule has 4 nitrogen and oxygen atoms in total. The SMILES string of the molecule is CC(C)(C)c1ccc(C(=N)N)nn1. The number of hydrogen-bond donors (Lipinski definition) is 2. The summed E-state index contributed by atoms with van der Waals surface area (Å²) < 4.78 is 0. The minimum absolute atomic E-state index is 0.0116. The van der Waals surface area contributed by atoms with Gasteiger partial charge in [0.1, 0.15) is 11.5 Å². The zero-order chi connectivity index (χ0) is 10.1. The van der Waals surface area contributed by atoms with Crippen LogP contribution in [0.4, 0.5) is 0 Å². The molecule has 4 heteroatoms. The van der Waals surface area contributed by atoms with Crippen LogP contribution >= 0.6 is 0 Å². The van der Waals surface area contributed by atoms with Crippen LogP contribution in [0.2, 0.25) is 0 Å². The summed E-state index contributed by atoms with van der Waals surface area (Å²) in [6.07, 6.45) is 0. The van der Waals surface area contributed by atoms with E-state index in [0.717, 1.165) is 5.69 Å². The highest BCUT2D eigenvalue weighted by molar-refractivity contribution is 5.92. The normalized spacial score (nSPS) is 11.3. The molecule has 0 unspecified atom stereocenters. The molecule has 1 rings (SSSR count). The van der Waals surface area contributed by atoms with Gasteiger partial charge in [0.25, 0.3) is 0 Å². The molecule has 1 aromatic heterocycles. The number of aromatic nitrogens is 2. The van der Waals surface area contributed by atoms with Crippen LogP contribution < -0.4 is 5.73 Å². The molecule has 0 fully saturated rings. The number of nitrogen functional groups attached to an aromatic ring is 1. The van der Waals surface area contributed by atoms with Crippen molar-refractivity contribution in [2.75, 3.05) is 0 Å². The third-order valence-corrected chi connectivity index (χ3v) is 1.71. The summed E-state index contributed by atoms with van der Waals surface area (Å²) in [6.45, 7) is 6.18. The van der Waals surface area contributed by atoms with E-state index in [9.17, 15) is 0 Å². The second kappa shape index (κ2) is 3.12. The van der Waals surface area contributed by atoms with Crippen molar-refractivity contribution in [2.24, 2.45) is 5.73 Å². The monoisotopic (exact) mass is 178 g/mol. The second-order valence-corrected chi connectivity index (χ2v) is 3.97. The van der Waals surface area contributed by atoms with Crippen LogP contribution in [-0.4, -0.2) is 16.0 Å². The van der Waals surface area contributed by atoms with E-state index in [1.165, 1.54) is 0 Å². The predicted octanol–water partition coefficient (Wildman–Crippen LogP) is 1.06. The molecule has 70 valence electrons. The van der Waals surface area contributed by atoms with Crippen molar-refractivity contribution in [1.82, 2.24) is 10.2 Å². The fourth-order valence-electron chi connectivity index (χ4n) is 0.876. The van der Waals surface area contributed by atoms with Crippen LogP contribution in [0, 0.1) is 5.41 Å². The summed E-state index contributed by atoms with van der Waals surface area (Å²) >= 11 is 0. The molecule has 1 heterocycles. The molecule has 0 saturated heterocycles. The largest absolute Gasteiger partial charge is 0.382 e. The van der Waals surface area contributed by atoms with E-state index >= 15 is 0 Å². The van der Waals surface area contributed by atoms with Crippen LogP contribution in [0.3, 0.4) is 0 Å². The highest BCUT2D eigenvalue weighted by atomic mass is 15.1. The maximum Gasteiger partial charge on any atom is 0.143 e. The van der Waals surface area contributed by atoms with Crippen molar-refractivity contribution >= 4 is 5.84 Å². The summed E-state index contributed by atoms with van der Waals surface area (Å²) in [5, 5.41) is 15.0. The zero-order valence-electron chi connectivity index (χ0n) is 8.13. The van der Waals surface area contributed by atoms with Gasteiger partial charge >= 0.3 is 0 Å². The Hall–Kier alpha value is -1.45. The van der Waals surface area contributed by atoms with Gasteiger partial charge < -0.3 is 5.73 Å². The first kappa shape index (κ1) is 9.64. The first-order valence-electron chi connectivity index (χ1n) is 4.10. The standard InChI is InChI=1S/C9H14N4/c1-9(2,3)7-5-4-6(8(10)11)12-13-7/h4-5H,1-3H3,(H3,10,11). The van der Waals surface area contributed by atoms with Gasteiger partial charge in [-0.25, -0.2) is 0 Å². The Morgan fingerprint density at radius 1 is 1.31 bits per heavy atom. The van der Waals surface area contributed by atoms with Gasteiger partial charge in [0, 0.05) is 5.41 Å². The Morgan fingerprint density at radius 2 is 1.92 bits per heavy atom. The van der Waals surface area contributed by atoms with Gasteiger partial charge in [-0.15, -0.1) is 5.10 Å². The number of amidine groups is 1. The van der Waals surface area contributed by atoms with Gasteiger partial charge in [-0.05, 0) is 12.1 Å². The summed E-state index contributed by atoms with van der Waals surface area (Å²) in [7, 11) is 0. The van der Waals surface area contributed by atoms with Gasteiger partial charge in [-0.3, -0.25) is 5.41 Å². The molecule has 0 atom stereocenters. The molecular weight excluding hydrogens is 164 g/mol. The molecule has 0 radical (unpaired) electrons. The number of nitrogens with one attached hydrogen (secondary N) is 1. The summed E-state index contributed by atoms with van der Waals surface area (Å²) in [4.78, 5) is 0. The predicted molar refractivity (Wildman–Crippen MR) is 51.7 cm³/mol. The maximum absolute atomic E-state index is 7.14. The van der Waals surface area contributed by atoms with Crippen LogP contribution in [-0.2, 0) is 5.41 Å². The lowest BCUT2D eigenvalue weighted by Gasteiger charge is -2.16. The van der Waals surface area contributed by atoms with Gasteiger partial charge in [0.05, 0.1) is 5.69 Å². The van der Waals surface area contributed by atoms with E-state index in [2.05, 4.69) is 31.0 Å². The number of rotatable bonds is 1. The van der Waals surface area contributed by atoms with Gasteiger partial charge in [-0.1, -0.05) is 20.8 Å². The van der Waals surface area contributed by atoms with E-state index in [1.807, 2.05) is 6.07 Å². The Balaban J connectivity index is 3.01. The molecule has 0 bridgehead atoms. The van der Waals surface area contributed by atoms with E-state index in [1.54, 1.807) is 6.07 Å². The fraction of sp³-hybridized carbons (Fsp3) is 0.444. The van der Waals surface area contributed by atoms with Gasteiger partial charge in [0.2, 0.25) is 0 Å². The first-order valence-corrected chi connectivity index (χ1v) is 4.10. The minimum Gasteiger partial charge on any atom is -0.382 e. The van der Waals surface area contributed by atoms with Crippen molar-refractivity contribution in [3.8, 4) is 0 Å². The highest BCUT2D eigenvalue weighted by Gasteiger charge is 2.15. The quantitative estimate of drug-likeness (QED) is 0.498. The lowest BCUT2D eigenvalue weighted by atomic mass is 9.92. The molecule has 0 amide bonds. The van der Waals surface area contributed by atoms with Gasteiger partial charge in [0.15, 0.2) is 0 Å². The van der Waals surface area contributed by atoms with Crippen molar-refractivity contribution in [3.63, 3.8) is 0 Å². The second-order valence-electron chi connectivity index (χ2n) is 3.97. The third-order valence-electron chi connectivity index (χ3n) is 1.71. The molecule has 0 aromatic carbocycles. The Morgan fingerprint density at radius 3 is 2.23 bits per heavy atom. The lowest BCUT2D eigenvalue weighted by molar-refractivity contribution is 0.558. The van der Waals surface area contributed by atoms with Crippen LogP contribution in [0.15, 0.2) is 12.1 Å². The smallest absolute Gasteiger partial charge is 0.143 e. The maximum atomic E-state index is 7.14. The first-order chi connectivity index (χ1) is 5.91. The van der Waals surface area contributed by atoms with Gasteiger partial charge in [-0.2, -0.15) is 5.10 Å². The van der Waals surface area contributed by atoms with Crippen molar-refractivity contribution in [1.29, 1.82) is 5.41 Å². The molecule has 0 spiro atoms. The minimum atomic E-state index is -0.0482. The summed E-state index contributed by atoms with van der Waals surface area (Å²) in [6, 6.07) is 3.57. The van der Waals surface area contributed by atoms with Crippen molar-refractivity contribution in [3.05, 3.63) is 23.5 Å². The van der Waals surface area contributed by atoms with E-state index < -0.39 is 0 Å². The van der Waals surface area contributed by atoms with Crippen molar-refractivity contribution in [2.45, 2.75) is 26.2 Å². The molecule has 0 aliphatic rings. The molecule has 3 N–H and O–H groups in total. The molecule has 1 aromatic rings. The van der Waals surface area contributed by atoms with Crippen molar-refractivity contribution < 1.29 is 0 Å². The Bertz CT molecular complexity index is 307. The van der Waals surface area contributed by atoms with Crippen LogP contribution in [0.5, 0.6) is 0 Å². The molecule has 0 saturated carbocycles. The van der Waals surface area contributed by atoms with E-state index in [-0.39, 0.29) is 11.3 Å². The van der Waals surface area contributed by atoms with E-state index in [4.69, 9.17) is 11.1 Å².